The van der Waals surface area contributed by atoms with Crippen LogP contribution in [-0.4, -0.2) is 41.1 Å². The largest absolute Gasteiger partial charge is 0.490 e. The summed E-state index contributed by atoms with van der Waals surface area (Å²) in [6.07, 6.45) is 2.62. The number of fused-ring (bicyclic) bond motifs is 1. The average Bonchev–Trinajstić information content (AvgIpc) is 3.02. The first-order valence-corrected chi connectivity index (χ1v) is 8.19. The Labute approximate surface area is 149 Å². The number of carbonyl (C=O) groups is 1. The molecule has 1 aromatic heterocycles. The van der Waals surface area contributed by atoms with Crippen LogP contribution in [0.15, 0.2) is 23.6 Å². The average molecular weight is 370 g/mol. The van der Waals surface area contributed by atoms with Gasteiger partial charge in [-0.3, -0.25) is 4.79 Å². The molecule has 5 nitrogen and oxygen atoms in total. The van der Waals surface area contributed by atoms with Crippen molar-refractivity contribution in [1.29, 1.82) is 5.41 Å². The molecule has 0 saturated heterocycles. The van der Waals surface area contributed by atoms with Crippen molar-refractivity contribution in [1.82, 2.24) is 9.88 Å². The van der Waals surface area contributed by atoms with E-state index in [4.69, 9.17) is 21.7 Å². The monoisotopic (exact) mass is 369 g/mol. The molecule has 0 radical (unpaired) electrons. The molecule has 2 heterocycles. The molecule has 0 fully saturated rings. The molecular formula is C17H18ClF2N3O2. The maximum Gasteiger partial charge on any atom is 0.278 e. The minimum atomic E-state index is -2.96. The number of nitrogens with one attached hydrogen (secondary N) is 1. The van der Waals surface area contributed by atoms with Gasteiger partial charge in [0.1, 0.15) is 16.3 Å². The van der Waals surface area contributed by atoms with Crippen molar-refractivity contribution in [2.45, 2.75) is 32.7 Å². The van der Waals surface area contributed by atoms with Crippen LogP contribution in [0.4, 0.5) is 8.78 Å². The summed E-state index contributed by atoms with van der Waals surface area (Å²) in [5.41, 5.74) is 0.896. The van der Waals surface area contributed by atoms with Crippen LogP contribution in [0.5, 0.6) is 0 Å². The third-order valence-electron chi connectivity index (χ3n) is 4.81. The highest BCUT2D eigenvalue weighted by Gasteiger charge is 2.55. The van der Waals surface area contributed by atoms with Gasteiger partial charge in [-0.25, -0.2) is 13.8 Å². The summed E-state index contributed by atoms with van der Waals surface area (Å²) in [7, 11) is 0. The molecule has 134 valence electrons. The van der Waals surface area contributed by atoms with Gasteiger partial charge in [-0.15, -0.1) is 0 Å². The predicted molar refractivity (Wildman–Crippen MR) is 89.2 cm³/mol. The van der Waals surface area contributed by atoms with Crippen molar-refractivity contribution < 1.29 is 18.3 Å². The Hall–Kier alpha value is -2.02. The van der Waals surface area contributed by atoms with E-state index in [1.54, 1.807) is 17.9 Å². The van der Waals surface area contributed by atoms with Crippen molar-refractivity contribution >= 4 is 23.7 Å². The molecule has 8 heteroatoms. The quantitative estimate of drug-likeness (QED) is 0.612. The maximum atomic E-state index is 13.1. The third kappa shape index (κ3) is 2.80. The molecule has 0 saturated carbocycles. The van der Waals surface area contributed by atoms with Gasteiger partial charge in [0, 0.05) is 37.0 Å². The van der Waals surface area contributed by atoms with Gasteiger partial charge < -0.3 is 15.0 Å². The van der Waals surface area contributed by atoms with Crippen molar-refractivity contribution in [3.63, 3.8) is 0 Å². The Morgan fingerprint density at radius 1 is 1.56 bits per heavy atom. The Morgan fingerprint density at radius 3 is 2.80 bits per heavy atom. The molecular weight excluding hydrogens is 352 g/mol. The summed E-state index contributed by atoms with van der Waals surface area (Å²) in [6, 6.07) is 1.29. The normalized spacial score (nSPS) is 25.3. The van der Waals surface area contributed by atoms with E-state index >= 15 is 0 Å². The molecule has 0 spiro atoms. The molecule has 25 heavy (non-hydrogen) atoms. The van der Waals surface area contributed by atoms with Gasteiger partial charge in [-0.1, -0.05) is 11.6 Å². The third-order valence-corrected chi connectivity index (χ3v) is 5.11. The fourth-order valence-corrected chi connectivity index (χ4v) is 3.60. The van der Waals surface area contributed by atoms with E-state index < -0.39 is 17.9 Å². The Kier molecular flexibility index (Phi) is 4.10. The van der Waals surface area contributed by atoms with Gasteiger partial charge in [0.25, 0.3) is 11.8 Å². The van der Waals surface area contributed by atoms with Crippen LogP contribution in [0.25, 0.3) is 0 Å². The molecule has 0 aromatic carbocycles. The SMILES string of the molecule is CC1=C(OCC(C)(F)F)C1(C=N)CN1C(=O)c2ccnc(Cl)c2C1C. The van der Waals surface area contributed by atoms with Crippen molar-refractivity contribution in [3.05, 3.63) is 39.9 Å². The van der Waals surface area contributed by atoms with Gasteiger partial charge in [0.05, 0.1) is 6.04 Å². The number of ether oxygens (including phenoxy) is 1. The van der Waals surface area contributed by atoms with Crippen LogP contribution < -0.4 is 0 Å². The van der Waals surface area contributed by atoms with E-state index in [1.807, 2.05) is 6.92 Å². The van der Waals surface area contributed by atoms with E-state index in [9.17, 15) is 13.6 Å². The summed E-state index contributed by atoms with van der Waals surface area (Å²) < 4.78 is 31.3. The number of amides is 1. The number of hydrogen-bond acceptors (Lipinski definition) is 4. The van der Waals surface area contributed by atoms with Crippen molar-refractivity contribution in [3.8, 4) is 0 Å². The fraction of sp³-hybridized carbons (Fsp3) is 0.471. The van der Waals surface area contributed by atoms with Crippen molar-refractivity contribution in [2.75, 3.05) is 13.2 Å². The predicted octanol–water partition coefficient (Wildman–Crippen LogP) is 3.85. The second-order valence-corrected chi connectivity index (χ2v) is 6.96. The van der Waals surface area contributed by atoms with E-state index in [-0.39, 0.29) is 23.6 Å². The van der Waals surface area contributed by atoms with E-state index in [0.717, 1.165) is 13.1 Å². The highest BCUT2D eigenvalue weighted by molar-refractivity contribution is 6.31. The second kappa shape index (κ2) is 5.76. The number of nitrogens with zero attached hydrogens (tertiary/aromatic N) is 2. The van der Waals surface area contributed by atoms with E-state index in [1.165, 1.54) is 6.20 Å². The standard InChI is InChI=1S/C17H18ClF2N3O2/c1-9-13(25-8-16(3,19)20)17(9,6-21)7-23-10(2)12-11(15(23)24)4-5-22-14(12)18/h4-6,10,21H,7-8H2,1-3H3. The van der Waals surface area contributed by atoms with Gasteiger partial charge in [-0.2, -0.15) is 0 Å². The first-order chi connectivity index (χ1) is 11.6. The highest BCUT2D eigenvalue weighted by Crippen LogP contribution is 2.54. The first-order valence-electron chi connectivity index (χ1n) is 7.82. The minimum Gasteiger partial charge on any atom is -0.490 e. The number of alkyl halides is 2. The van der Waals surface area contributed by atoms with Crippen LogP contribution in [-0.2, 0) is 4.74 Å². The molecule has 1 N–H and O–H groups in total. The van der Waals surface area contributed by atoms with Crippen LogP contribution >= 0.6 is 11.6 Å². The summed E-state index contributed by atoms with van der Waals surface area (Å²) in [5, 5.41) is 8.02. The van der Waals surface area contributed by atoms with E-state index in [2.05, 4.69) is 4.98 Å². The molecule has 2 atom stereocenters. The molecule has 1 amide bonds. The Balaban J connectivity index is 1.80. The summed E-state index contributed by atoms with van der Waals surface area (Å²) in [6.45, 7) is 3.72. The number of pyridine rings is 1. The Morgan fingerprint density at radius 2 is 2.24 bits per heavy atom. The lowest BCUT2D eigenvalue weighted by molar-refractivity contribution is -0.0442. The molecule has 2 unspecified atom stereocenters. The van der Waals surface area contributed by atoms with Gasteiger partial charge in [0.15, 0.2) is 6.61 Å². The molecule has 1 aliphatic heterocycles. The summed E-state index contributed by atoms with van der Waals surface area (Å²) in [4.78, 5) is 18.3. The maximum absolute atomic E-state index is 13.1. The number of rotatable bonds is 6. The lowest BCUT2D eigenvalue weighted by atomic mass is 10.0. The van der Waals surface area contributed by atoms with Crippen molar-refractivity contribution in [2.24, 2.45) is 5.41 Å². The van der Waals surface area contributed by atoms with Gasteiger partial charge >= 0.3 is 0 Å². The lowest BCUT2D eigenvalue weighted by Gasteiger charge is -2.27. The number of halogens is 3. The second-order valence-electron chi connectivity index (χ2n) is 6.60. The Bertz CT molecular complexity index is 791. The number of aromatic nitrogens is 1. The minimum absolute atomic E-state index is 0.151. The first kappa shape index (κ1) is 17.8. The molecule has 3 rings (SSSR count). The highest BCUT2D eigenvalue weighted by atomic mass is 35.5. The molecule has 1 aromatic rings. The fourth-order valence-electron chi connectivity index (χ4n) is 3.29. The van der Waals surface area contributed by atoms with Crippen LogP contribution in [0.3, 0.4) is 0 Å². The topological polar surface area (TPSA) is 66.3 Å². The number of hydrogen-bond donors (Lipinski definition) is 1. The van der Waals surface area contributed by atoms with Crippen LogP contribution in [0.2, 0.25) is 5.15 Å². The molecule has 1 aliphatic carbocycles. The molecule has 0 bridgehead atoms. The van der Waals surface area contributed by atoms with Crippen LogP contribution in [0, 0.1) is 10.8 Å². The summed E-state index contributed by atoms with van der Waals surface area (Å²) >= 11 is 6.12. The lowest BCUT2D eigenvalue weighted by Crippen LogP contribution is -2.36. The van der Waals surface area contributed by atoms with Gasteiger partial charge in [-0.05, 0) is 25.5 Å². The van der Waals surface area contributed by atoms with E-state index in [0.29, 0.717) is 22.5 Å². The molecule has 2 aliphatic rings. The van der Waals surface area contributed by atoms with Gasteiger partial charge in [0.2, 0.25) is 0 Å². The number of carbonyl (C=O) groups excluding carboxylic acids is 1. The zero-order valence-corrected chi connectivity index (χ0v) is 14.8. The smallest absolute Gasteiger partial charge is 0.278 e. The zero-order valence-electron chi connectivity index (χ0n) is 14.1. The summed E-state index contributed by atoms with van der Waals surface area (Å²) in [5.74, 6) is -2.84. The van der Waals surface area contributed by atoms with Crippen LogP contribution in [0.1, 0.15) is 42.7 Å². The zero-order chi connectivity index (χ0) is 18.6.